The first-order valence-corrected chi connectivity index (χ1v) is 3.53. The van der Waals surface area contributed by atoms with Crippen LogP contribution in [0.15, 0.2) is 12.1 Å². The molecule has 0 spiro atoms. The van der Waals surface area contributed by atoms with Crippen molar-refractivity contribution in [2.24, 2.45) is 0 Å². The van der Waals surface area contributed by atoms with Gasteiger partial charge in [0.05, 0.1) is 17.5 Å². The predicted molar refractivity (Wildman–Crippen MR) is 40.7 cm³/mol. The van der Waals surface area contributed by atoms with Crippen LogP contribution >= 0.6 is 11.6 Å². The first-order valence-electron chi connectivity index (χ1n) is 3.15. The van der Waals surface area contributed by atoms with Crippen LogP contribution in [0, 0.1) is 23.0 Å². The summed E-state index contributed by atoms with van der Waals surface area (Å²) in [5, 5.41) is 8.09. The molecule has 0 aliphatic heterocycles. The molecule has 0 unspecified atom stereocenters. The predicted octanol–water partition coefficient (Wildman–Crippen LogP) is 2.68. The first-order chi connectivity index (χ1) is 5.65. The minimum absolute atomic E-state index is 0.0898. The molecule has 1 aromatic rings. The molecule has 0 amide bonds. The maximum absolute atomic E-state index is 12.7. The molecule has 12 heavy (non-hydrogen) atoms. The fourth-order valence-electron chi connectivity index (χ4n) is 0.823. The van der Waals surface area contributed by atoms with Gasteiger partial charge < -0.3 is 0 Å². The SMILES string of the molecule is N#CCc1cc(F)cc(F)c1Cl. The molecule has 0 N–H and O–H groups in total. The summed E-state index contributed by atoms with van der Waals surface area (Å²) in [4.78, 5) is 0. The van der Waals surface area contributed by atoms with Gasteiger partial charge in [-0.3, -0.25) is 0 Å². The van der Waals surface area contributed by atoms with Crippen molar-refractivity contribution in [1.82, 2.24) is 0 Å². The van der Waals surface area contributed by atoms with Crippen molar-refractivity contribution in [3.63, 3.8) is 0 Å². The van der Waals surface area contributed by atoms with Gasteiger partial charge in [0.1, 0.15) is 11.6 Å². The summed E-state index contributed by atoms with van der Waals surface area (Å²) in [6, 6.07) is 3.50. The molecule has 0 saturated carbocycles. The monoisotopic (exact) mass is 187 g/mol. The van der Waals surface area contributed by atoms with Crippen LogP contribution in [0.4, 0.5) is 8.78 Å². The highest BCUT2D eigenvalue weighted by Gasteiger charge is 2.07. The number of rotatable bonds is 1. The van der Waals surface area contributed by atoms with E-state index in [9.17, 15) is 8.78 Å². The van der Waals surface area contributed by atoms with Gasteiger partial charge in [0.15, 0.2) is 0 Å². The Bertz CT molecular complexity index is 344. The molecule has 1 rings (SSSR count). The Morgan fingerprint density at radius 2 is 2.08 bits per heavy atom. The third kappa shape index (κ3) is 1.72. The highest BCUT2D eigenvalue weighted by Crippen LogP contribution is 2.21. The molecule has 0 bridgehead atoms. The van der Waals surface area contributed by atoms with E-state index < -0.39 is 11.6 Å². The molecule has 0 aliphatic carbocycles. The molecule has 0 aromatic heterocycles. The molecule has 0 aliphatic rings. The number of hydrogen-bond acceptors (Lipinski definition) is 1. The molecule has 62 valence electrons. The van der Waals surface area contributed by atoms with E-state index >= 15 is 0 Å². The van der Waals surface area contributed by atoms with Gasteiger partial charge in [-0.1, -0.05) is 11.6 Å². The lowest BCUT2D eigenvalue weighted by Crippen LogP contribution is -1.90. The molecule has 4 heteroatoms. The third-order valence-corrected chi connectivity index (χ3v) is 1.76. The highest BCUT2D eigenvalue weighted by atomic mass is 35.5. The van der Waals surface area contributed by atoms with E-state index in [2.05, 4.69) is 0 Å². The standard InChI is InChI=1S/C8H4ClF2N/c9-8-5(1-2-12)3-6(10)4-7(8)11/h3-4H,1H2. The smallest absolute Gasteiger partial charge is 0.145 e. The molecular formula is C8H4ClF2N. The second kappa shape index (κ2) is 3.51. The number of hydrogen-bond donors (Lipinski definition) is 0. The Morgan fingerprint density at radius 1 is 1.42 bits per heavy atom. The van der Waals surface area contributed by atoms with Crippen molar-refractivity contribution in [2.75, 3.05) is 0 Å². The van der Waals surface area contributed by atoms with E-state index in [-0.39, 0.29) is 17.0 Å². The second-order valence-corrected chi connectivity index (χ2v) is 2.57. The summed E-state index contributed by atoms with van der Waals surface area (Å²) in [6.45, 7) is 0. The van der Waals surface area contributed by atoms with Crippen LogP contribution in [-0.4, -0.2) is 0 Å². The van der Waals surface area contributed by atoms with Gasteiger partial charge in [0.25, 0.3) is 0 Å². The van der Waals surface area contributed by atoms with Gasteiger partial charge in [0, 0.05) is 6.07 Å². The quantitative estimate of drug-likeness (QED) is 0.620. The lowest BCUT2D eigenvalue weighted by atomic mass is 10.1. The topological polar surface area (TPSA) is 23.8 Å². The summed E-state index contributed by atoms with van der Waals surface area (Å²) >= 11 is 5.45. The van der Waals surface area contributed by atoms with Crippen LogP contribution in [-0.2, 0) is 6.42 Å². The van der Waals surface area contributed by atoms with Gasteiger partial charge in [-0.05, 0) is 11.6 Å². The van der Waals surface area contributed by atoms with Crippen molar-refractivity contribution in [1.29, 1.82) is 5.26 Å². The van der Waals surface area contributed by atoms with Crippen LogP contribution in [0.2, 0.25) is 5.02 Å². The normalized spacial score (nSPS) is 9.50. The van der Waals surface area contributed by atoms with Crippen LogP contribution in [0.1, 0.15) is 5.56 Å². The fraction of sp³-hybridized carbons (Fsp3) is 0.125. The fourth-order valence-corrected chi connectivity index (χ4v) is 0.999. The molecule has 0 heterocycles. The average molecular weight is 188 g/mol. The summed E-state index contributed by atoms with van der Waals surface area (Å²) in [7, 11) is 0. The third-order valence-electron chi connectivity index (χ3n) is 1.34. The van der Waals surface area contributed by atoms with Crippen molar-refractivity contribution >= 4 is 11.6 Å². The number of halogens is 3. The Hall–Kier alpha value is -1.14. The Morgan fingerprint density at radius 3 is 2.67 bits per heavy atom. The average Bonchev–Trinajstić information content (AvgIpc) is 2.00. The lowest BCUT2D eigenvalue weighted by molar-refractivity contribution is 0.581. The van der Waals surface area contributed by atoms with E-state index in [1.807, 2.05) is 0 Å². The Labute approximate surface area is 73.2 Å². The lowest BCUT2D eigenvalue weighted by Gasteiger charge is -2.00. The summed E-state index contributed by atoms with van der Waals surface area (Å²) < 4.78 is 25.2. The van der Waals surface area contributed by atoms with Gasteiger partial charge in [-0.2, -0.15) is 5.26 Å². The molecule has 0 radical (unpaired) electrons. The van der Waals surface area contributed by atoms with Crippen molar-refractivity contribution in [3.05, 3.63) is 34.4 Å². The van der Waals surface area contributed by atoms with Crippen LogP contribution in [0.25, 0.3) is 0 Å². The number of benzene rings is 1. The minimum atomic E-state index is -0.832. The van der Waals surface area contributed by atoms with E-state index in [1.54, 1.807) is 6.07 Å². The van der Waals surface area contributed by atoms with Crippen LogP contribution in [0.3, 0.4) is 0 Å². The van der Waals surface area contributed by atoms with E-state index in [0.29, 0.717) is 6.07 Å². The van der Waals surface area contributed by atoms with E-state index in [1.165, 1.54) is 0 Å². The maximum Gasteiger partial charge on any atom is 0.145 e. The zero-order valence-electron chi connectivity index (χ0n) is 5.94. The van der Waals surface area contributed by atoms with Crippen LogP contribution in [0.5, 0.6) is 0 Å². The van der Waals surface area contributed by atoms with Crippen molar-refractivity contribution < 1.29 is 8.78 Å². The summed E-state index contributed by atoms with van der Waals surface area (Å²) in [5.74, 6) is -1.55. The zero-order valence-corrected chi connectivity index (χ0v) is 6.70. The van der Waals surface area contributed by atoms with E-state index in [4.69, 9.17) is 16.9 Å². The molecule has 1 aromatic carbocycles. The Kier molecular flexibility index (Phi) is 2.61. The molecule has 0 atom stereocenters. The second-order valence-electron chi connectivity index (χ2n) is 2.20. The summed E-state index contributed by atoms with van der Waals surface area (Å²) in [6.07, 6.45) is -0.0898. The number of nitriles is 1. The Balaban J connectivity index is 3.20. The molecule has 1 nitrogen and oxygen atoms in total. The first kappa shape index (κ1) is 8.95. The summed E-state index contributed by atoms with van der Waals surface area (Å²) in [5.41, 5.74) is 0.177. The molecular weight excluding hydrogens is 184 g/mol. The van der Waals surface area contributed by atoms with Crippen LogP contribution < -0.4 is 0 Å². The zero-order chi connectivity index (χ0) is 9.14. The van der Waals surface area contributed by atoms with E-state index in [0.717, 1.165) is 6.07 Å². The highest BCUT2D eigenvalue weighted by molar-refractivity contribution is 6.31. The van der Waals surface area contributed by atoms with Crippen molar-refractivity contribution in [3.8, 4) is 6.07 Å². The number of nitrogens with zero attached hydrogens (tertiary/aromatic N) is 1. The van der Waals surface area contributed by atoms with Crippen molar-refractivity contribution in [2.45, 2.75) is 6.42 Å². The largest absolute Gasteiger partial charge is 0.207 e. The maximum atomic E-state index is 12.7. The van der Waals surface area contributed by atoms with Gasteiger partial charge in [-0.15, -0.1) is 0 Å². The molecule has 0 fully saturated rings. The minimum Gasteiger partial charge on any atom is -0.207 e. The molecule has 0 saturated heterocycles. The van der Waals surface area contributed by atoms with Gasteiger partial charge >= 0.3 is 0 Å². The van der Waals surface area contributed by atoms with Gasteiger partial charge in [-0.25, -0.2) is 8.78 Å². The van der Waals surface area contributed by atoms with Gasteiger partial charge in [0.2, 0.25) is 0 Å².